The molecule has 3 aromatic carbocycles. The van der Waals surface area contributed by atoms with Crippen LogP contribution >= 0.6 is 0 Å². The number of alkyl carbamates (subject to hydrolysis) is 1. The van der Waals surface area contributed by atoms with Crippen LogP contribution in [0, 0.1) is 0 Å². The van der Waals surface area contributed by atoms with Gasteiger partial charge >= 0.3 is 12.1 Å². The smallest absolute Gasteiger partial charge is 0.407 e. The summed E-state index contributed by atoms with van der Waals surface area (Å²) in [5, 5.41) is 12.2. The van der Waals surface area contributed by atoms with Gasteiger partial charge in [-0.15, -0.1) is 0 Å². The van der Waals surface area contributed by atoms with Crippen LogP contribution in [0.25, 0.3) is 11.1 Å². The van der Waals surface area contributed by atoms with Gasteiger partial charge in [-0.3, -0.25) is 0 Å². The fourth-order valence-corrected chi connectivity index (χ4v) is 4.88. The van der Waals surface area contributed by atoms with Gasteiger partial charge in [-0.2, -0.15) is 0 Å². The average Bonchev–Trinajstić information content (AvgIpc) is 3.21. The Morgan fingerprint density at radius 3 is 2.14 bits per heavy atom. The monoisotopic (exact) mass is 472 g/mol. The number of carboxylic acid groups (broad SMARTS) is 1. The van der Waals surface area contributed by atoms with Gasteiger partial charge in [-0.05, 0) is 39.9 Å². The molecule has 0 bridgehead atoms. The maximum Gasteiger partial charge on any atom is 0.407 e. The molecule has 1 saturated heterocycles. The molecule has 0 saturated carbocycles. The van der Waals surface area contributed by atoms with E-state index in [0.717, 1.165) is 46.6 Å². The van der Waals surface area contributed by atoms with Crippen molar-refractivity contribution in [2.45, 2.75) is 18.4 Å². The molecule has 35 heavy (non-hydrogen) atoms. The lowest BCUT2D eigenvalue weighted by Gasteiger charge is -2.29. The number of carboxylic acids is 1. The number of nitrogens with zero attached hydrogens (tertiary/aromatic N) is 1. The number of benzene rings is 3. The van der Waals surface area contributed by atoms with Crippen molar-refractivity contribution in [3.8, 4) is 11.1 Å². The van der Waals surface area contributed by atoms with E-state index in [9.17, 15) is 14.7 Å². The van der Waals surface area contributed by atoms with E-state index in [-0.39, 0.29) is 18.9 Å². The van der Waals surface area contributed by atoms with E-state index in [1.165, 1.54) is 0 Å². The van der Waals surface area contributed by atoms with Gasteiger partial charge in [0, 0.05) is 31.1 Å². The lowest BCUT2D eigenvalue weighted by Crippen LogP contribution is -2.43. The fraction of sp³-hybridized carbons (Fsp3) is 0.286. The number of nitrogens with one attached hydrogen (secondary N) is 1. The molecule has 7 nitrogen and oxygen atoms in total. The van der Waals surface area contributed by atoms with Gasteiger partial charge in [0.1, 0.15) is 12.6 Å². The van der Waals surface area contributed by atoms with Crippen LogP contribution in [-0.2, 0) is 20.7 Å². The van der Waals surface area contributed by atoms with Crippen LogP contribution < -0.4 is 10.2 Å². The second kappa shape index (κ2) is 10.2. The van der Waals surface area contributed by atoms with E-state index in [1.54, 1.807) is 0 Å². The van der Waals surface area contributed by atoms with Gasteiger partial charge in [0.05, 0.1) is 13.2 Å². The summed E-state index contributed by atoms with van der Waals surface area (Å²) in [6, 6.07) is 22.8. The number of hydrogen-bond donors (Lipinski definition) is 2. The highest BCUT2D eigenvalue weighted by Gasteiger charge is 2.29. The number of hydrogen-bond acceptors (Lipinski definition) is 5. The van der Waals surface area contributed by atoms with Crippen LogP contribution in [0.15, 0.2) is 72.8 Å². The van der Waals surface area contributed by atoms with Crippen LogP contribution in [0.1, 0.15) is 22.6 Å². The molecular weight excluding hydrogens is 444 g/mol. The maximum absolute atomic E-state index is 12.6. The Bertz CT molecular complexity index is 1160. The van der Waals surface area contributed by atoms with Crippen LogP contribution in [-0.4, -0.2) is 56.1 Å². The molecule has 1 aliphatic carbocycles. The summed E-state index contributed by atoms with van der Waals surface area (Å²) in [5.41, 5.74) is 6.40. The highest BCUT2D eigenvalue weighted by atomic mass is 16.5. The number of morpholine rings is 1. The third-order valence-electron chi connectivity index (χ3n) is 6.69. The van der Waals surface area contributed by atoms with Crippen LogP contribution in [0.4, 0.5) is 10.5 Å². The number of anilines is 1. The molecule has 0 radical (unpaired) electrons. The van der Waals surface area contributed by atoms with Crippen LogP contribution in [0.2, 0.25) is 0 Å². The molecule has 1 fully saturated rings. The second-order valence-electron chi connectivity index (χ2n) is 8.83. The van der Waals surface area contributed by atoms with Gasteiger partial charge in [-0.25, -0.2) is 9.59 Å². The van der Waals surface area contributed by atoms with E-state index in [4.69, 9.17) is 9.47 Å². The molecule has 5 rings (SSSR count). The van der Waals surface area contributed by atoms with Crippen molar-refractivity contribution in [3.63, 3.8) is 0 Å². The zero-order valence-electron chi connectivity index (χ0n) is 19.4. The normalized spacial score (nSPS) is 15.7. The van der Waals surface area contributed by atoms with Gasteiger partial charge in [0.2, 0.25) is 0 Å². The summed E-state index contributed by atoms with van der Waals surface area (Å²) >= 11 is 0. The first kappa shape index (κ1) is 22.9. The van der Waals surface area contributed by atoms with E-state index < -0.39 is 18.1 Å². The first-order chi connectivity index (χ1) is 17.1. The van der Waals surface area contributed by atoms with Crippen LogP contribution in [0.3, 0.4) is 0 Å². The fourth-order valence-electron chi connectivity index (χ4n) is 4.88. The zero-order chi connectivity index (χ0) is 24.2. The van der Waals surface area contributed by atoms with Crippen molar-refractivity contribution < 1.29 is 24.2 Å². The van der Waals surface area contributed by atoms with Crippen molar-refractivity contribution in [3.05, 3.63) is 89.5 Å². The second-order valence-corrected chi connectivity index (χ2v) is 8.83. The number of aliphatic carboxylic acids is 1. The SMILES string of the molecule is O=C(N[C@H](Cc1ccc(N2CCOCC2)cc1)C(=O)O)OCC1c2ccccc2-c2ccccc21. The average molecular weight is 473 g/mol. The van der Waals surface area contributed by atoms with Crippen molar-refractivity contribution in [2.75, 3.05) is 37.8 Å². The largest absolute Gasteiger partial charge is 0.480 e. The molecule has 3 aromatic rings. The van der Waals surface area contributed by atoms with Crippen LogP contribution in [0.5, 0.6) is 0 Å². The van der Waals surface area contributed by atoms with Crippen molar-refractivity contribution >= 4 is 17.7 Å². The number of amides is 1. The molecular formula is C28H28N2O5. The third-order valence-corrected chi connectivity index (χ3v) is 6.69. The number of rotatable bonds is 7. The quantitative estimate of drug-likeness (QED) is 0.539. The Kier molecular flexibility index (Phi) is 6.68. The molecule has 0 spiro atoms. The van der Waals surface area contributed by atoms with Gasteiger partial charge < -0.3 is 24.8 Å². The predicted octanol–water partition coefficient (Wildman–Crippen LogP) is 4.06. The van der Waals surface area contributed by atoms with E-state index in [0.29, 0.717) is 13.2 Å². The molecule has 1 aliphatic heterocycles. The molecule has 180 valence electrons. The Labute approximate surface area is 204 Å². The molecule has 1 atom stereocenters. The highest BCUT2D eigenvalue weighted by Crippen LogP contribution is 2.44. The summed E-state index contributed by atoms with van der Waals surface area (Å²) in [4.78, 5) is 26.7. The maximum atomic E-state index is 12.6. The minimum atomic E-state index is -1.10. The van der Waals surface area contributed by atoms with Crippen molar-refractivity contribution in [1.82, 2.24) is 5.32 Å². The standard InChI is InChI=1S/C28H28N2O5/c31-27(32)26(17-19-9-11-20(12-10-19)30-13-15-34-16-14-30)29-28(33)35-18-25-23-7-3-1-5-21(23)22-6-2-4-8-24(22)25/h1-12,25-26H,13-18H2,(H,29,33)(H,31,32)/t26-/m1/s1. The number of carbonyl (C=O) groups excluding carboxylic acids is 1. The Morgan fingerprint density at radius 1 is 0.943 bits per heavy atom. The summed E-state index contributed by atoms with van der Waals surface area (Å²) < 4.78 is 10.9. The first-order valence-corrected chi connectivity index (χ1v) is 11.9. The lowest BCUT2D eigenvalue weighted by atomic mass is 9.98. The number of carbonyl (C=O) groups is 2. The topological polar surface area (TPSA) is 88.1 Å². The van der Waals surface area contributed by atoms with E-state index in [2.05, 4.69) is 22.3 Å². The number of fused-ring (bicyclic) bond motifs is 3. The first-order valence-electron chi connectivity index (χ1n) is 11.9. The highest BCUT2D eigenvalue weighted by molar-refractivity contribution is 5.81. The Morgan fingerprint density at radius 2 is 1.54 bits per heavy atom. The van der Waals surface area contributed by atoms with E-state index >= 15 is 0 Å². The Hall–Kier alpha value is -3.84. The molecule has 7 heteroatoms. The van der Waals surface area contributed by atoms with Crippen molar-refractivity contribution in [1.29, 1.82) is 0 Å². The van der Waals surface area contributed by atoms with Crippen molar-refractivity contribution in [2.24, 2.45) is 0 Å². The summed E-state index contributed by atoms with van der Waals surface area (Å²) in [5.74, 6) is -1.18. The van der Waals surface area contributed by atoms with Gasteiger partial charge in [0.25, 0.3) is 0 Å². The minimum Gasteiger partial charge on any atom is -0.480 e. The molecule has 1 amide bonds. The summed E-state index contributed by atoms with van der Waals surface area (Å²) in [6.45, 7) is 3.21. The van der Waals surface area contributed by atoms with E-state index in [1.807, 2.05) is 60.7 Å². The lowest BCUT2D eigenvalue weighted by molar-refractivity contribution is -0.139. The zero-order valence-corrected chi connectivity index (χ0v) is 19.4. The predicted molar refractivity (Wildman–Crippen MR) is 133 cm³/mol. The van der Waals surface area contributed by atoms with Gasteiger partial charge in [0.15, 0.2) is 0 Å². The summed E-state index contributed by atoms with van der Waals surface area (Å²) in [6.07, 6.45) is -0.563. The Balaban J connectivity index is 1.20. The molecule has 2 N–H and O–H groups in total. The summed E-state index contributed by atoms with van der Waals surface area (Å²) in [7, 11) is 0. The molecule has 0 aromatic heterocycles. The minimum absolute atomic E-state index is 0.0795. The molecule has 2 aliphatic rings. The molecule has 1 heterocycles. The number of ether oxygens (including phenoxy) is 2. The van der Waals surface area contributed by atoms with Gasteiger partial charge in [-0.1, -0.05) is 60.7 Å². The molecule has 0 unspecified atom stereocenters. The third kappa shape index (κ3) is 5.00.